The summed E-state index contributed by atoms with van der Waals surface area (Å²) in [4.78, 5) is 6.87. The fraction of sp³-hybridized carbons (Fsp3) is 0.500. The molecule has 2 heterocycles. The van der Waals surface area contributed by atoms with Crippen LogP contribution >= 0.6 is 15.9 Å². The van der Waals surface area contributed by atoms with E-state index in [0.717, 1.165) is 37.2 Å². The maximum absolute atomic E-state index is 4.35. The normalized spacial score (nSPS) is 18.6. The fourth-order valence-corrected chi connectivity index (χ4v) is 2.60. The van der Waals surface area contributed by atoms with Crippen LogP contribution in [0.15, 0.2) is 35.1 Å². The van der Waals surface area contributed by atoms with Crippen LogP contribution in [0.25, 0.3) is 0 Å². The lowest BCUT2D eigenvalue weighted by molar-refractivity contribution is 0.172. The first kappa shape index (κ1) is 13.7. The van der Waals surface area contributed by atoms with E-state index in [-0.39, 0.29) is 0 Å². The van der Waals surface area contributed by atoms with Crippen molar-refractivity contribution < 1.29 is 0 Å². The molecule has 0 unspecified atom stereocenters. The van der Waals surface area contributed by atoms with Gasteiger partial charge in [0.05, 0.1) is 0 Å². The van der Waals surface area contributed by atoms with Crippen molar-refractivity contribution in [3.63, 3.8) is 0 Å². The van der Waals surface area contributed by atoms with Crippen molar-refractivity contribution in [2.45, 2.75) is 19.4 Å². The first-order chi connectivity index (χ1) is 8.66. The Morgan fingerprint density at radius 3 is 2.78 bits per heavy atom. The summed E-state index contributed by atoms with van der Waals surface area (Å²) in [5.74, 6) is 0. The molecule has 4 heteroatoms. The zero-order valence-electron chi connectivity index (χ0n) is 10.8. The minimum absolute atomic E-state index is 0.408. The lowest BCUT2D eigenvalue weighted by Crippen LogP contribution is -2.45. The molecule has 18 heavy (non-hydrogen) atoms. The molecule has 1 saturated heterocycles. The van der Waals surface area contributed by atoms with Gasteiger partial charge in [-0.1, -0.05) is 11.6 Å². The Bertz CT molecular complexity index is 396. The number of aromatic nitrogens is 1. The van der Waals surface area contributed by atoms with Crippen molar-refractivity contribution in [1.29, 1.82) is 0 Å². The highest BCUT2D eigenvalue weighted by atomic mass is 79.9. The third-order valence-corrected chi connectivity index (χ3v) is 3.74. The summed E-state index contributed by atoms with van der Waals surface area (Å²) in [6.07, 6.45) is 2.98. The largest absolute Gasteiger partial charge is 0.314 e. The minimum atomic E-state index is 0.408. The summed E-state index contributed by atoms with van der Waals surface area (Å²) in [6, 6.07) is 4.58. The highest BCUT2D eigenvalue weighted by molar-refractivity contribution is 9.10. The van der Waals surface area contributed by atoms with Crippen LogP contribution in [0.4, 0.5) is 0 Å². The van der Waals surface area contributed by atoms with Crippen LogP contribution < -0.4 is 5.32 Å². The Morgan fingerprint density at radius 1 is 1.50 bits per heavy atom. The Kier molecular flexibility index (Phi) is 4.92. The average Bonchev–Trinajstić information content (AvgIpc) is 2.38. The van der Waals surface area contributed by atoms with E-state index in [4.69, 9.17) is 0 Å². The predicted molar refractivity (Wildman–Crippen MR) is 78.6 cm³/mol. The van der Waals surface area contributed by atoms with E-state index in [1.54, 1.807) is 0 Å². The molecule has 0 saturated carbocycles. The van der Waals surface area contributed by atoms with E-state index in [2.05, 4.69) is 50.7 Å². The Labute approximate surface area is 117 Å². The van der Waals surface area contributed by atoms with E-state index >= 15 is 0 Å². The lowest BCUT2D eigenvalue weighted by atomic mass is 9.99. The molecular weight excluding hydrogens is 290 g/mol. The molecule has 0 spiro atoms. The molecule has 1 N–H and O–H groups in total. The number of pyridine rings is 1. The number of hydrogen-bond donors (Lipinski definition) is 1. The average molecular weight is 310 g/mol. The molecule has 0 bridgehead atoms. The summed E-state index contributed by atoms with van der Waals surface area (Å²) in [6.45, 7) is 10.5. The molecule has 0 amide bonds. The van der Waals surface area contributed by atoms with Gasteiger partial charge in [-0.2, -0.15) is 0 Å². The van der Waals surface area contributed by atoms with E-state index in [9.17, 15) is 0 Å². The Morgan fingerprint density at radius 2 is 2.22 bits per heavy atom. The fourth-order valence-electron chi connectivity index (χ4n) is 2.37. The first-order valence-corrected chi connectivity index (χ1v) is 7.16. The van der Waals surface area contributed by atoms with Crippen molar-refractivity contribution in [3.8, 4) is 0 Å². The van der Waals surface area contributed by atoms with Crippen molar-refractivity contribution in [1.82, 2.24) is 15.2 Å². The highest BCUT2D eigenvalue weighted by Gasteiger charge is 2.22. The van der Waals surface area contributed by atoms with Crippen molar-refractivity contribution >= 4 is 15.9 Å². The topological polar surface area (TPSA) is 28.2 Å². The Balaban J connectivity index is 2.17. The van der Waals surface area contributed by atoms with Crippen LogP contribution in [0.2, 0.25) is 0 Å². The number of halogens is 1. The zero-order valence-corrected chi connectivity index (χ0v) is 12.4. The van der Waals surface area contributed by atoms with Crippen LogP contribution in [-0.4, -0.2) is 36.1 Å². The third-order valence-electron chi connectivity index (χ3n) is 3.27. The molecule has 1 atom stereocenters. The quantitative estimate of drug-likeness (QED) is 0.685. The molecule has 1 aliphatic rings. The molecular formula is C14H20BrN3. The first-order valence-electron chi connectivity index (χ1n) is 6.37. The second-order valence-electron chi connectivity index (χ2n) is 4.88. The van der Waals surface area contributed by atoms with Gasteiger partial charge in [0.15, 0.2) is 0 Å². The standard InChI is InChI=1S/C14H20BrN3/c1-11(2)9-13(18-7-5-16-6-8-18)12-3-4-14(15)17-10-12/h3-4,10,13,16H,1,5-9H2,2H3/t13-/m1/s1. The lowest BCUT2D eigenvalue weighted by Gasteiger charge is -2.35. The number of piperazine rings is 1. The van der Waals surface area contributed by atoms with Gasteiger partial charge in [0.25, 0.3) is 0 Å². The van der Waals surface area contributed by atoms with E-state index in [0.29, 0.717) is 6.04 Å². The van der Waals surface area contributed by atoms with Crippen molar-refractivity contribution in [2.24, 2.45) is 0 Å². The molecule has 1 aliphatic heterocycles. The number of nitrogens with one attached hydrogen (secondary N) is 1. The van der Waals surface area contributed by atoms with E-state index < -0.39 is 0 Å². The van der Waals surface area contributed by atoms with Crippen LogP contribution in [0, 0.1) is 0 Å². The van der Waals surface area contributed by atoms with Crippen LogP contribution in [0.5, 0.6) is 0 Å². The second kappa shape index (κ2) is 6.45. The molecule has 2 rings (SSSR count). The molecule has 0 aromatic carbocycles. The highest BCUT2D eigenvalue weighted by Crippen LogP contribution is 2.27. The summed E-state index contributed by atoms with van der Waals surface area (Å²) >= 11 is 3.39. The molecule has 1 fully saturated rings. The smallest absolute Gasteiger partial charge is 0.106 e. The maximum atomic E-state index is 4.35. The van der Waals surface area contributed by atoms with Crippen molar-refractivity contribution in [3.05, 3.63) is 40.6 Å². The molecule has 1 aromatic heterocycles. The van der Waals surface area contributed by atoms with E-state index in [1.807, 2.05) is 12.3 Å². The number of nitrogens with zero attached hydrogens (tertiary/aromatic N) is 2. The van der Waals surface area contributed by atoms with E-state index in [1.165, 1.54) is 11.1 Å². The number of hydrogen-bond acceptors (Lipinski definition) is 3. The van der Waals surface area contributed by atoms with Gasteiger partial charge in [-0.05, 0) is 40.9 Å². The summed E-state index contributed by atoms with van der Waals surface area (Å²) < 4.78 is 0.889. The summed E-state index contributed by atoms with van der Waals surface area (Å²) in [5.41, 5.74) is 2.50. The van der Waals surface area contributed by atoms with Crippen LogP contribution in [0.1, 0.15) is 24.9 Å². The van der Waals surface area contributed by atoms with Crippen molar-refractivity contribution in [2.75, 3.05) is 26.2 Å². The van der Waals surface area contributed by atoms with Gasteiger partial charge in [-0.15, -0.1) is 6.58 Å². The Hall–Kier alpha value is -0.710. The van der Waals surface area contributed by atoms with Crippen LogP contribution in [0.3, 0.4) is 0 Å². The SMILES string of the molecule is C=C(C)C[C@H](c1ccc(Br)nc1)N1CCNCC1. The van der Waals surface area contributed by atoms with Gasteiger partial charge < -0.3 is 5.32 Å². The van der Waals surface area contributed by atoms with Gasteiger partial charge in [0, 0.05) is 38.4 Å². The second-order valence-corrected chi connectivity index (χ2v) is 5.69. The van der Waals surface area contributed by atoms with Gasteiger partial charge in [-0.3, -0.25) is 4.90 Å². The molecule has 0 aliphatic carbocycles. The van der Waals surface area contributed by atoms with Gasteiger partial charge >= 0.3 is 0 Å². The molecule has 3 nitrogen and oxygen atoms in total. The minimum Gasteiger partial charge on any atom is -0.314 e. The maximum Gasteiger partial charge on any atom is 0.106 e. The third kappa shape index (κ3) is 3.64. The zero-order chi connectivity index (χ0) is 13.0. The predicted octanol–water partition coefficient (Wildman–Crippen LogP) is 2.76. The van der Waals surface area contributed by atoms with Crippen LogP contribution in [-0.2, 0) is 0 Å². The molecule has 0 radical (unpaired) electrons. The van der Waals surface area contributed by atoms with Gasteiger partial charge in [-0.25, -0.2) is 4.98 Å². The monoisotopic (exact) mass is 309 g/mol. The molecule has 98 valence electrons. The number of rotatable bonds is 4. The summed E-state index contributed by atoms with van der Waals surface area (Å²) in [5, 5.41) is 3.40. The molecule has 1 aromatic rings. The van der Waals surface area contributed by atoms with Gasteiger partial charge in [0.2, 0.25) is 0 Å². The van der Waals surface area contributed by atoms with Gasteiger partial charge in [0.1, 0.15) is 4.60 Å². The summed E-state index contributed by atoms with van der Waals surface area (Å²) in [7, 11) is 0.